The Labute approximate surface area is 212 Å². The van der Waals surface area contributed by atoms with E-state index in [0.717, 1.165) is 49.4 Å². The first-order chi connectivity index (χ1) is 17.1. The SMILES string of the molecule is CC(C)(C)OC(=O)COc1ccc(CN(C(=O)C2CCCCC2)c2cccc(C=CC(=O)O)c2)cc1. The van der Waals surface area contributed by atoms with E-state index in [-0.39, 0.29) is 18.4 Å². The number of carboxylic acids is 1. The molecular formula is C29H35NO6. The molecule has 0 aliphatic heterocycles. The number of hydrogen-bond donors (Lipinski definition) is 1. The fraction of sp³-hybridized carbons (Fsp3) is 0.414. The lowest BCUT2D eigenvalue weighted by Gasteiger charge is -2.30. The maximum atomic E-state index is 13.6. The second kappa shape index (κ2) is 12.4. The normalized spacial score (nSPS) is 14.4. The predicted octanol–water partition coefficient (Wildman–Crippen LogP) is 5.62. The molecule has 1 fully saturated rings. The van der Waals surface area contributed by atoms with Gasteiger partial charge in [-0.2, -0.15) is 0 Å². The Morgan fingerprint density at radius 1 is 1.03 bits per heavy atom. The zero-order valence-electron chi connectivity index (χ0n) is 21.2. The number of amides is 1. The fourth-order valence-electron chi connectivity index (χ4n) is 4.22. The third-order valence-electron chi connectivity index (χ3n) is 5.86. The molecule has 0 radical (unpaired) electrons. The molecule has 0 aromatic heterocycles. The number of benzene rings is 2. The van der Waals surface area contributed by atoms with Crippen LogP contribution in [0.1, 0.15) is 64.0 Å². The van der Waals surface area contributed by atoms with Crippen molar-refractivity contribution in [3.8, 4) is 5.75 Å². The van der Waals surface area contributed by atoms with Gasteiger partial charge >= 0.3 is 11.9 Å². The molecule has 2 aromatic rings. The highest BCUT2D eigenvalue weighted by atomic mass is 16.6. The van der Waals surface area contributed by atoms with Gasteiger partial charge in [-0.05, 0) is 75.1 Å². The summed E-state index contributed by atoms with van der Waals surface area (Å²) in [4.78, 5) is 38.2. The van der Waals surface area contributed by atoms with Crippen LogP contribution in [0.4, 0.5) is 5.69 Å². The third-order valence-corrected chi connectivity index (χ3v) is 5.86. The van der Waals surface area contributed by atoms with Gasteiger partial charge in [0.2, 0.25) is 5.91 Å². The molecule has 3 rings (SSSR count). The van der Waals surface area contributed by atoms with Crippen molar-refractivity contribution in [3.05, 3.63) is 65.7 Å². The topological polar surface area (TPSA) is 93.1 Å². The number of rotatable bonds is 9. The number of esters is 1. The summed E-state index contributed by atoms with van der Waals surface area (Å²) in [5.41, 5.74) is 1.78. The molecule has 7 nitrogen and oxygen atoms in total. The summed E-state index contributed by atoms with van der Waals surface area (Å²) < 4.78 is 10.8. The molecule has 0 unspecified atom stereocenters. The van der Waals surface area contributed by atoms with E-state index >= 15 is 0 Å². The molecule has 192 valence electrons. The van der Waals surface area contributed by atoms with Crippen LogP contribution in [0, 0.1) is 5.92 Å². The molecule has 1 saturated carbocycles. The van der Waals surface area contributed by atoms with Crippen molar-refractivity contribution in [2.45, 2.75) is 65.0 Å². The molecule has 1 amide bonds. The van der Waals surface area contributed by atoms with E-state index in [1.807, 2.05) is 36.4 Å². The zero-order chi connectivity index (χ0) is 26.1. The van der Waals surface area contributed by atoms with Gasteiger partial charge in [0.05, 0.1) is 6.54 Å². The minimum Gasteiger partial charge on any atom is -0.482 e. The number of nitrogens with zero attached hydrogens (tertiary/aromatic N) is 1. The number of anilines is 1. The Balaban J connectivity index is 1.76. The summed E-state index contributed by atoms with van der Waals surface area (Å²) in [5.74, 6) is -0.861. The van der Waals surface area contributed by atoms with E-state index in [2.05, 4.69) is 0 Å². The molecule has 1 aliphatic rings. The minimum absolute atomic E-state index is 0.0200. The number of ether oxygens (including phenoxy) is 2. The Hall–Kier alpha value is -3.61. The summed E-state index contributed by atoms with van der Waals surface area (Å²) in [6, 6.07) is 14.6. The standard InChI is InChI=1S/C29H35NO6/c1-29(2,3)36-27(33)20-35-25-15-12-22(13-16-25)19-30(28(34)23-9-5-4-6-10-23)24-11-7-8-21(18-24)14-17-26(31)32/h7-8,11-18,23H,4-6,9-10,19-20H2,1-3H3,(H,31,32). The van der Waals surface area contributed by atoms with Gasteiger partial charge in [0.15, 0.2) is 6.61 Å². The zero-order valence-corrected chi connectivity index (χ0v) is 21.2. The van der Waals surface area contributed by atoms with E-state index in [1.54, 1.807) is 37.8 Å². The van der Waals surface area contributed by atoms with Crippen LogP contribution in [-0.2, 0) is 25.7 Å². The lowest BCUT2D eigenvalue weighted by atomic mass is 9.88. The maximum absolute atomic E-state index is 13.6. The van der Waals surface area contributed by atoms with Crippen molar-refractivity contribution >= 4 is 29.6 Å². The van der Waals surface area contributed by atoms with Gasteiger partial charge < -0.3 is 19.5 Å². The summed E-state index contributed by atoms with van der Waals surface area (Å²) in [6.07, 6.45) is 7.62. The van der Waals surface area contributed by atoms with Crippen LogP contribution in [-0.4, -0.2) is 35.2 Å². The number of carboxylic acid groups (broad SMARTS) is 1. The first-order valence-corrected chi connectivity index (χ1v) is 12.4. The highest BCUT2D eigenvalue weighted by molar-refractivity contribution is 5.95. The molecule has 0 spiro atoms. The average Bonchev–Trinajstić information content (AvgIpc) is 2.85. The highest BCUT2D eigenvalue weighted by Crippen LogP contribution is 2.29. The average molecular weight is 494 g/mol. The highest BCUT2D eigenvalue weighted by Gasteiger charge is 2.27. The van der Waals surface area contributed by atoms with E-state index < -0.39 is 17.5 Å². The monoisotopic (exact) mass is 493 g/mol. The number of carbonyl (C=O) groups excluding carboxylic acids is 2. The van der Waals surface area contributed by atoms with Crippen molar-refractivity contribution < 1.29 is 29.0 Å². The lowest BCUT2D eigenvalue weighted by molar-refractivity contribution is -0.157. The van der Waals surface area contributed by atoms with Gasteiger partial charge in [-0.25, -0.2) is 9.59 Å². The lowest BCUT2D eigenvalue weighted by Crippen LogP contribution is -2.36. The molecule has 36 heavy (non-hydrogen) atoms. The maximum Gasteiger partial charge on any atom is 0.344 e. The molecule has 1 aliphatic carbocycles. The van der Waals surface area contributed by atoms with Crippen LogP contribution >= 0.6 is 0 Å². The molecule has 2 aromatic carbocycles. The van der Waals surface area contributed by atoms with Gasteiger partial charge in [-0.3, -0.25) is 4.79 Å². The summed E-state index contributed by atoms with van der Waals surface area (Å²) in [7, 11) is 0. The predicted molar refractivity (Wildman–Crippen MR) is 139 cm³/mol. The number of carbonyl (C=O) groups is 3. The van der Waals surface area contributed by atoms with E-state index in [9.17, 15) is 14.4 Å². The van der Waals surface area contributed by atoms with Crippen molar-refractivity contribution in [3.63, 3.8) is 0 Å². The van der Waals surface area contributed by atoms with Gasteiger partial charge in [0.1, 0.15) is 11.4 Å². The van der Waals surface area contributed by atoms with E-state index in [1.165, 1.54) is 6.08 Å². The van der Waals surface area contributed by atoms with Crippen LogP contribution in [0.3, 0.4) is 0 Å². The van der Waals surface area contributed by atoms with Gasteiger partial charge in [0, 0.05) is 17.7 Å². The molecular weight excluding hydrogens is 458 g/mol. The van der Waals surface area contributed by atoms with Crippen molar-refractivity contribution in [1.29, 1.82) is 0 Å². The first kappa shape index (κ1) is 27.0. The minimum atomic E-state index is -1.02. The Kier molecular flexibility index (Phi) is 9.28. The fourth-order valence-corrected chi connectivity index (χ4v) is 4.22. The van der Waals surface area contributed by atoms with Crippen molar-refractivity contribution in [1.82, 2.24) is 0 Å². The van der Waals surface area contributed by atoms with Crippen molar-refractivity contribution in [2.24, 2.45) is 5.92 Å². The van der Waals surface area contributed by atoms with Gasteiger partial charge in [-0.1, -0.05) is 43.5 Å². The Morgan fingerprint density at radius 2 is 1.72 bits per heavy atom. The summed E-state index contributed by atoms with van der Waals surface area (Å²) in [5, 5.41) is 8.96. The molecule has 0 heterocycles. The van der Waals surface area contributed by atoms with Gasteiger partial charge in [0.25, 0.3) is 0 Å². The van der Waals surface area contributed by atoms with Crippen LogP contribution in [0.25, 0.3) is 6.08 Å². The van der Waals surface area contributed by atoms with E-state index in [0.29, 0.717) is 17.9 Å². The number of aliphatic carboxylic acids is 1. The summed E-state index contributed by atoms with van der Waals surface area (Å²) >= 11 is 0. The Bertz CT molecular complexity index is 1080. The third kappa shape index (κ3) is 8.56. The second-order valence-corrected chi connectivity index (χ2v) is 10.0. The smallest absolute Gasteiger partial charge is 0.344 e. The van der Waals surface area contributed by atoms with Crippen LogP contribution in [0.5, 0.6) is 5.75 Å². The summed E-state index contributed by atoms with van der Waals surface area (Å²) in [6.45, 7) is 5.60. The quantitative estimate of drug-likeness (QED) is 0.360. The molecule has 0 saturated heterocycles. The largest absolute Gasteiger partial charge is 0.482 e. The first-order valence-electron chi connectivity index (χ1n) is 12.4. The van der Waals surface area contributed by atoms with Gasteiger partial charge in [-0.15, -0.1) is 0 Å². The molecule has 0 bridgehead atoms. The second-order valence-electron chi connectivity index (χ2n) is 10.0. The number of hydrogen-bond acceptors (Lipinski definition) is 5. The molecule has 1 N–H and O–H groups in total. The van der Waals surface area contributed by atoms with Crippen LogP contribution in [0.2, 0.25) is 0 Å². The Morgan fingerprint density at radius 3 is 2.36 bits per heavy atom. The molecule has 7 heteroatoms. The van der Waals surface area contributed by atoms with Crippen LogP contribution in [0.15, 0.2) is 54.6 Å². The molecule has 0 atom stereocenters. The van der Waals surface area contributed by atoms with Crippen molar-refractivity contribution in [2.75, 3.05) is 11.5 Å². The van der Waals surface area contributed by atoms with Crippen LogP contribution < -0.4 is 9.64 Å². The van der Waals surface area contributed by atoms with E-state index in [4.69, 9.17) is 14.6 Å².